The van der Waals surface area contributed by atoms with Gasteiger partial charge in [0.1, 0.15) is 35.4 Å². The van der Waals surface area contributed by atoms with Crippen LogP contribution in [-0.4, -0.2) is 6.10 Å². The standard InChI is InChI=1S/C20H21FO3/c1-4-5-13-16(21)10-22-19-14-8-6-11(2)23-18(14)15-9-7-12(3)24-20(15)17(13)19/h6-7,9-10,12-13H,4-5,8H2,1-3H3. The van der Waals surface area contributed by atoms with Crippen molar-refractivity contribution in [1.82, 2.24) is 0 Å². The Balaban J connectivity index is 1.99. The van der Waals surface area contributed by atoms with Gasteiger partial charge in [-0.05, 0) is 38.5 Å². The maximum absolute atomic E-state index is 14.5. The molecule has 0 N–H and O–H groups in total. The first-order valence-corrected chi connectivity index (χ1v) is 8.54. The van der Waals surface area contributed by atoms with Gasteiger partial charge < -0.3 is 14.2 Å². The van der Waals surface area contributed by atoms with Gasteiger partial charge in [-0.3, -0.25) is 0 Å². The predicted molar refractivity (Wildman–Crippen MR) is 91.1 cm³/mol. The molecule has 0 radical (unpaired) electrons. The summed E-state index contributed by atoms with van der Waals surface area (Å²) in [6.07, 6.45) is 9.56. The highest BCUT2D eigenvalue weighted by molar-refractivity contribution is 5.77. The summed E-state index contributed by atoms with van der Waals surface area (Å²) in [4.78, 5) is 0. The average Bonchev–Trinajstić information content (AvgIpc) is 2.57. The van der Waals surface area contributed by atoms with Crippen molar-refractivity contribution in [2.24, 2.45) is 0 Å². The summed E-state index contributed by atoms with van der Waals surface area (Å²) in [5.74, 6) is 2.49. The number of hydrogen-bond donors (Lipinski definition) is 0. The minimum absolute atomic E-state index is 0.0591. The number of rotatable bonds is 2. The van der Waals surface area contributed by atoms with Crippen molar-refractivity contribution in [3.05, 3.63) is 46.7 Å². The number of fused-ring (bicyclic) bond motifs is 6. The Hall–Kier alpha value is -2.23. The molecule has 0 spiro atoms. The van der Waals surface area contributed by atoms with E-state index in [1.165, 1.54) is 6.26 Å². The van der Waals surface area contributed by atoms with E-state index in [-0.39, 0.29) is 17.8 Å². The summed E-state index contributed by atoms with van der Waals surface area (Å²) in [6, 6.07) is 0. The summed E-state index contributed by atoms with van der Waals surface area (Å²) in [5, 5.41) is 0. The first-order valence-electron chi connectivity index (χ1n) is 8.54. The van der Waals surface area contributed by atoms with Crippen LogP contribution in [0.15, 0.2) is 30.0 Å². The van der Waals surface area contributed by atoms with Crippen LogP contribution in [0.1, 0.15) is 56.2 Å². The fourth-order valence-corrected chi connectivity index (χ4v) is 3.62. The molecule has 0 fully saturated rings. The molecule has 0 amide bonds. The Morgan fingerprint density at radius 2 is 2.08 bits per heavy atom. The van der Waals surface area contributed by atoms with Crippen LogP contribution in [0, 0.1) is 0 Å². The van der Waals surface area contributed by atoms with Gasteiger partial charge in [-0.2, -0.15) is 0 Å². The van der Waals surface area contributed by atoms with E-state index < -0.39 is 0 Å². The quantitative estimate of drug-likeness (QED) is 0.727. The van der Waals surface area contributed by atoms with E-state index in [1.54, 1.807) is 0 Å². The molecule has 0 saturated heterocycles. The highest BCUT2D eigenvalue weighted by Crippen LogP contribution is 2.54. The Kier molecular flexibility index (Phi) is 3.63. The van der Waals surface area contributed by atoms with E-state index in [0.29, 0.717) is 17.9 Å². The van der Waals surface area contributed by atoms with Gasteiger partial charge in [-0.25, -0.2) is 4.39 Å². The maximum atomic E-state index is 14.5. The molecule has 4 rings (SSSR count). The van der Waals surface area contributed by atoms with E-state index in [0.717, 1.165) is 41.0 Å². The molecule has 3 aliphatic rings. The molecule has 24 heavy (non-hydrogen) atoms. The second-order valence-corrected chi connectivity index (χ2v) is 6.56. The van der Waals surface area contributed by atoms with Crippen LogP contribution >= 0.6 is 0 Å². The fourth-order valence-electron chi connectivity index (χ4n) is 3.62. The van der Waals surface area contributed by atoms with Crippen molar-refractivity contribution in [1.29, 1.82) is 0 Å². The number of benzene rings is 1. The minimum atomic E-state index is -0.316. The SMILES string of the molecule is CCCC1C(F)=COc2c3c(c4c(c21)OC(C)C=C4)OC(C)=CC3. The van der Waals surface area contributed by atoms with E-state index in [2.05, 4.69) is 6.92 Å². The van der Waals surface area contributed by atoms with Crippen LogP contribution in [0.5, 0.6) is 17.2 Å². The Morgan fingerprint density at radius 1 is 1.25 bits per heavy atom. The van der Waals surface area contributed by atoms with Gasteiger partial charge in [0.2, 0.25) is 0 Å². The summed E-state index contributed by atoms with van der Waals surface area (Å²) in [6.45, 7) is 5.97. The molecule has 1 aromatic rings. The Morgan fingerprint density at radius 3 is 2.88 bits per heavy atom. The van der Waals surface area contributed by atoms with Gasteiger partial charge in [0, 0.05) is 23.5 Å². The van der Waals surface area contributed by atoms with Gasteiger partial charge >= 0.3 is 0 Å². The highest BCUT2D eigenvalue weighted by Gasteiger charge is 2.36. The maximum Gasteiger partial charge on any atom is 0.145 e. The molecule has 0 saturated carbocycles. The largest absolute Gasteiger partial charge is 0.485 e. The molecule has 126 valence electrons. The zero-order valence-electron chi connectivity index (χ0n) is 14.2. The molecule has 2 unspecified atom stereocenters. The molecule has 2 atom stereocenters. The molecule has 0 aromatic heterocycles. The van der Waals surface area contributed by atoms with Crippen molar-refractivity contribution >= 4 is 6.08 Å². The van der Waals surface area contributed by atoms with Gasteiger partial charge in [0.15, 0.2) is 0 Å². The molecule has 3 aliphatic heterocycles. The lowest BCUT2D eigenvalue weighted by molar-refractivity contribution is 0.253. The molecule has 0 aliphatic carbocycles. The fraction of sp³-hybridized carbons (Fsp3) is 0.400. The topological polar surface area (TPSA) is 27.7 Å². The molecule has 3 heterocycles. The second kappa shape index (κ2) is 5.69. The summed E-state index contributed by atoms with van der Waals surface area (Å²) < 4.78 is 32.3. The van der Waals surface area contributed by atoms with Crippen molar-refractivity contribution in [2.45, 2.75) is 52.1 Å². The van der Waals surface area contributed by atoms with Crippen LogP contribution in [0.3, 0.4) is 0 Å². The zero-order chi connectivity index (χ0) is 16.8. The van der Waals surface area contributed by atoms with E-state index >= 15 is 0 Å². The summed E-state index contributed by atoms with van der Waals surface area (Å²) >= 11 is 0. The molecule has 0 bridgehead atoms. The monoisotopic (exact) mass is 328 g/mol. The van der Waals surface area contributed by atoms with Crippen LogP contribution in [0.4, 0.5) is 4.39 Å². The van der Waals surface area contributed by atoms with E-state index in [9.17, 15) is 4.39 Å². The van der Waals surface area contributed by atoms with Gasteiger partial charge in [-0.15, -0.1) is 0 Å². The smallest absolute Gasteiger partial charge is 0.145 e. The molecular formula is C20H21FO3. The predicted octanol–water partition coefficient (Wildman–Crippen LogP) is 5.41. The summed E-state index contributed by atoms with van der Waals surface area (Å²) in [7, 11) is 0. The van der Waals surface area contributed by atoms with Crippen LogP contribution in [0.2, 0.25) is 0 Å². The van der Waals surface area contributed by atoms with Gasteiger partial charge in [0.05, 0.1) is 11.3 Å². The molecular weight excluding hydrogens is 307 g/mol. The Labute approximate surface area is 141 Å². The van der Waals surface area contributed by atoms with E-state index in [1.807, 2.05) is 32.1 Å². The van der Waals surface area contributed by atoms with Crippen molar-refractivity contribution in [3.63, 3.8) is 0 Å². The molecule has 3 nitrogen and oxygen atoms in total. The molecule has 4 heteroatoms. The van der Waals surface area contributed by atoms with E-state index in [4.69, 9.17) is 14.2 Å². The number of allylic oxidation sites excluding steroid dienone is 3. The Bertz CT molecular complexity index is 789. The number of halogens is 1. The zero-order valence-corrected chi connectivity index (χ0v) is 14.2. The second-order valence-electron chi connectivity index (χ2n) is 6.56. The third kappa shape index (κ3) is 2.24. The van der Waals surface area contributed by atoms with Crippen LogP contribution in [-0.2, 0) is 6.42 Å². The first-order chi connectivity index (χ1) is 11.6. The van der Waals surface area contributed by atoms with Crippen molar-refractivity contribution in [2.75, 3.05) is 0 Å². The van der Waals surface area contributed by atoms with Crippen LogP contribution < -0.4 is 14.2 Å². The highest BCUT2D eigenvalue weighted by atomic mass is 19.1. The number of hydrogen-bond acceptors (Lipinski definition) is 3. The number of ether oxygens (including phenoxy) is 3. The third-order valence-corrected chi connectivity index (χ3v) is 4.77. The lowest BCUT2D eigenvalue weighted by atomic mass is 9.85. The van der Waals surface area contributed by atoms with Crippen LogP contribution in [0.25, 0.3) is 6.08 Å². The van der Waals surface area contributed by atoms with Crippen molar-refractivity contribution in [3.8, 4) is 17.2 Å². The van der Waals surface area contributed by atoms with Crippen molar-refractivity contribution < 1.29 is 18.6 Å². The minimum Gasteiger partial charge on any atom is -0.485 e. The summed E-state index contributed by atoms with van der Waals surface area (Å²) in [5.41, 5.74) is 2.70. The van der Waals surface area contributed by atoms with Gasteiger partial charge in [0.25, 0.3) is 0 Å². The van der Waals surface area contributed by atoms with Gasteiger partial charge in [-0.1, -0.05) is 13.3 Å². The molecule has 1 aromatic carbocycles. The average molecular weight is 328 g/mol. The third-order valence-electron chi connectivity index (χ3n) is 4.77. The lowest BCUT2D eigenvalue weighted by Crippen LogP contribution is -2.20. The lowest BCUT2D eigenvalue weighted by Gasteiger charge is -2.33. The first kappa shape index (κ1) is 15.3. The normalized spacial score (nSPS) is 23.7.